The van der Waals surface area contributed by atoms with Gasteiger partial charge < -0.3 is 10.1 Å². The van der Waals surface area contributed by atoms with Crippen molar-refractivity contribution in [2.75, 3.05) is 20.3 Å². The van der Waals surface area contributed by atoms with Crippen molar-refractivity contribution in [2.24, 2.45) is 0 Å². The van der Waals surface area contributed by atoms with E-state index >= 15 is 0 Å². The van der Waals surface area contributed by atoms with E-state index in [1.807, 2.05) is 0 Å². The Hall–Kier alpha value is -1.23. The van der Waals surface area contributed by atoms with Gasteiger partial charge in [-0.05, 0) is 24.7 Å². The first-order chi connectivity index (χ1) is 7.69. The van der Waals surface area contributed by atoms with Crippen LogP contribution in [0.1, 0.15) is 12.0 Å². The van der Waals surface area contributed by atoms with Crippen LogP contribution in [0.5, 0.6) is 5.75 Å². The third kappa shape index (κ3) is 3.41. The molecule has 90 valence electrons. The van der Waals surface area contributed by atoms with E-state index in [0.29, 0.717) is 12.1 Å². The summed E-state index contributed by atoms with van der Waals surface area (Å²) in [7, 11) is 1.68. The highest BCUT2D eigenvalue weighted by atomic mass is 19.1. The molecule has 0 aliphatic rings. The number of alkyl halides is 1. The predicted octanol–water partition coefficient (Wildman–Crippen LogP) is 2.42. The number of ether oxygens (including phenoxy) is 1. The van der Waals surface area contributed by atoms with Gasteiger partial charge in [-0.1, -0.05) is 0 Å². The van der Waals surface area contributed by atoms with Gasteiger partial charge in [-0.3, -0.25) is 4.39 Å². The second kappa shape index (κ2) is 6.37. The summed E-state index contributed by atoms with van der Waals surface area (Å²) in [4.78, 5) is 0. The maximum Gasteiger partial charge on any atom is 0.190 e. The lowest BCUT2D eigenvalue weighted by Gasteiger charge is -2.09. The van der Waals surface area contributed by atoms with Gasteiger partial charge in [-0.25, -0.2) is 8.78 Å². The van der Waals surface area contributed by atoms with E-state index in [1.54, 1.807) is 7.05 Å². The van der Waals surface area contributed by atoms with Crippen molar-refractivity contribution < 1.29 is 17.9 Å². The fourth-order valence-corrected chi connectivity index (χ4v) is 1.29. The summed E-state index contributed by atoms with van der Waals surface area (Å²) in [5.41, 5.74) is 0.496. The van der Waals surface area contributed by atoms with Crippen LogP contribution >= 0.6 is 0 Å². The molecule has 0 atom stereocenters. The van der Waals surface area contributed by atoms with Gasteiger partial charge >= 0.3 is 0 Å². The van der Waals surface area contributed by atoms with E-state index in [9.17, 15) is 13.2 Å². The van der Waals surface area contributed by atoms with Gasteiger partial charge in [0.15, 0.2) is 17.4 Å². The molecule has 0 fully saturated rings. The Morgan fingerprint density at radius 3 is 2.38 bits per heavy atom. The van der Waals surface area contributed by atoms with E-state index in [2.05, 4.69) is 5.32 Å². The minimum Gasteiger partial charge on any atom is -0.488 e. The Morgan fingerprint density at radius 1 is 1.25 bits per heavy atom. The molecular formula is C11H14F3NO. The molecule has 0 saturated heterocycles. The normalized spacial score (nSPS) is 10.5. The molecule has 0 unspecified atom stereocenters. The summed E-state index contributed by atoms with van der Waals surface area (Å²) in [5, 5.41) is 2.79. The summed E-state index contributed by atoms with van der Waals surface area (Å²) >= 11 is 0. The Kier molecular flexibility index (Phi) is 5.11. The summed E-state index contributed by atoms with van der Waals surface area (Å²) in [5.74, 6) is -1.96. The fourth-order valence-electron chi connectivity index (χ4n) is 1.29. The molecule has 0 bridgehead atoms. The van der Waals surface area contributed by atoms with Crippen LogP contribution in [0.3, 0.4) is 0 Å². The largest absolute Gasteiger partial charge is 0.488 e. The van der Waals surface area contributed by atoms with Crippen LogP contribution in [0.2, 0.25) is 0 Å². The molecule has 0 amide bonds. The maximum atomic E-state index is 13.4. The highest BCUT2D eigenvalue weighted by Crippen LogP contribution is 2.23. The van der Waals surface area contributed by atoms with Crippen molar-refractivity contribution in [3.63, 3.8) is 0 Å². The lowest BCUT2D eigenvalue weighted by molar-refractivity contribution is 0.264. The molecule has 16 heavy (non-hydrogen) atoms. The fraction of sp³-hybridized carbons (Fsp3) is 0.455. The van der Waals surface area contributed by atoms with Gasteiger partial charge in [-0.2, -0.15) is 0 Å². The van der Waals surface area contributed by atoms with Crippen molar-refractivity contribution in [1.29, 1.82) is 0 Å². The predicted molar refractivity (Wildman–Crippen MR) is 55.2 cm³/mol. The molecule has 1 aromatic rings. The molecule has 0 saturated carbocycles. The zero-order valence-electron chi connectivity index (χ0n) is 9.03. The number of rotatable bonds is 6. The van der Waals surface area contributed by atoms with Crippen LogP contribution in [-0.2, 0) is 6.54 Å². The maximum absolute atomic E-state index is 13.4. The quantitative estimate of drug-likeness (QED) is 0.762. The minimum atomic E-state index is -0.760. The Bertz CT molecular complexity index is 321. The van der Waals surface area contributed by atoms with Gasteiger partial charge in [0.25, 0.3) is 0 Å². The lowest BCUT2D eigenvalue weighted by atomic mass is 10.2. The first-order valence-corrected chi connectivity index (χ1v) is 5.00. The standard InChI is InChI=1S/C11H14F3NO/c1-15-7-8-5-9(13)11(10(14)6-8)16-4-2-3-12/h5-6,15H,2-4,7H2,1H3. The summed E-state index contributed by atoms with van der Waals surface area (Å²) in [6.07, 6.45) is 0.122. The monoisotopic (exact) mass is 233 g/mol. The molecule has 1 N–H and O–H groups in total. The smallest absolute Gasteiger partial charge is 0.190 e. The third-order valence-electron chi connectivity index (χ3n) is 1.96. The first kappa shape index (κ1) is 12.8. The highest BCUT2D eigenvalue weighted by molar-refractivity contribution is 5.31. The van der Waals surface area contributed by atoms with E-state index < -0.39 is 24.1 Å². The number of hydrogen-bond donors (Lipinski definition) is 1. The van der Waals surface area contributed by atoms with Crippen molar-refractivity contribution in [1.82, 2.24) is 5.32 Å². The SMILES string of the molecule is CNCc1cc(F)c(OCCCF)c(F)c1. The molecule has 1 aromatic carbocycles. The molecule has 0 heterocycles. The second-order valence-corrected chi connectivity index (χ2v) is 3.31. The van der Waals surface area contributed by atoms with Gasteiger partial charge in [0.05, 0.1) is 13.3 Å². The minimum absolute atomic E-state index is 0.0320. The zero-order chi connectivity index (χ0) is 12.0. The average molecular weight is 233 g/mol. The molecule has 1 rings (SSSR count). The molecule has 5 heteroatoms. The summed E-state index contributed by atoms with van der Waals surface area (Å²) < 4.78 is 43.4. The van der Waals surface area contributed by atoms with Gasteiger partial charge in [0.1, 0.15) is 0 Å². The van der Waals surface area contributed by atoms with Gasteiger partial charge in [0, 0.05) is 13.0 Å². The lowest BCUT2D eigenvalue weighted by Crippen LogP contribution is -2.08. The van der Waals surface area contributed by atoms with Crippen molar-refractivity contribution >= 4 is 0 Å². The van der Waals surface area contributed by atoms with Gasteiger partial charge in [-0.15, -0.1) is 0 Å². The number of benzene rings is 1. The first-order valence-electron chi connectivity index (χ1n) is 5.00. The molecule has 0 aliphatic carbocycles. The summed E-state index contributed by atoms with van der Waals surface area (Å²) in [6.45, 7) is -0.227. The van der Waals surface area contributed by atoms with Crippen LogP contribution in [0.25, 0.3) is 0 Å². The van der Waals surface area contributed by atoms with Gasteiger partial charge in [0.2, 0.25) is 0 Å². The number of nitrogens with one attached hydrogen (secondary N) is 1. The van der Waals surface area contributed by atoms with E-state index in [-0.39, 0.29) is 13.0 Å². The molecule has 2 nitrogen and oxygen atoms in total. The highest BCUT2D eigenvalue weighted by Gasteiger charge is 2.12. The van der Waals surface area contributed by atoms with Crippen molar-refractivity contribution in [3.05, 3.63) is 29.3 Å². The molecule has 0 radical (unpaired) electrons. The molecular weight excluding hydrogens is 219 g/mol. The summed E-state index contributed by atoms with van der Waals surface area (Å²) in [6, 6.07) is 2.40. The van der Waals surface area contributed by atoms with Crippen LogP contribution in [0, 0.1) is 11.6 Å². The zero-order valence-corrected chi connectivity index (χ0v) is 9.03. The van der Waals surface area contributed by atoms with E-state index in [4.69, 9.17) is 4.74 Å². The second-order valence-electron chi connectivity index (χ2n) is 3.31. The number of halogens is 3. The van der Waals surface area contributed by atoms with E-state index in [0.717, 1.165) is 0 Å². The van der Waals surface area contributed by atoms with Crippen LogP contribution < -0.4 is 10.1 Å². The molecule has 0 aliphatic heterocycles. The Morgan fingerprint density at radius 2 is 1.88 bits per heavy atom. The Balaban J connectivity index is 2.77. The van der Waals surface area contributed by atoms with Crippen molar-refractivity contribution in [2.45, 2.75) is 13.0 Å². The van der Waals surface area contributed by atoms with Crippen LogP contribution in [0.4, 0.5) is 13.2 Å². The van der Waals surface area contributed by atoms with Crippen LogP contribution in [0.15, 0.2) is 12.1 Å². The third-order valence-corrected chi connectivity index (χ3v) is 1.96. The topological polar surface area (TPSA) is 21.3 Å². The Labute approximate surface area is 92.4 Å². The van der Waals surface area contributed by atoms with E-state index in [1.165, 1.54) is 12.1 Å². The molecule has 0 aromatic heterocycles. The molecule has 0 spiro atoms. The van der Waals surface area contributed by atoms with Crippen molar-refractivity contribution in [3.8, 4) is 5.75 Å². The van der Waals surface area contributed by atoms with Crippen LogP contribution in [-0.4, -0.2) is 20.3 Å². The average Bonchev–Trinajstić information content (AvgIpc) is 2.23. The number of hydrogen-bond acceptors (Lipinski definition) is 2.